The number of pyridine rings is 1. The summed E-state index contributed by atoms with van der Waals surface area (Å²) < 4.78 is 0.881. The zero-order valence-corrected chi connectivity index (χ0v) is 8.69. The molecule has 16 heavy (non-hydrogen) atoms. The molecule has 0 aliphatic carbocycles. The molecule has 0 aromatic carbocycles. The van der Waals surface area contributed by atoms with Crippen molar-refractivity contribution in [2.24, 2.45) is 0 Å². The van der Waals surface area contributed by atoms with Crippen LogP contribution in [0.15, 0.2) is 4.79 Å². The highest BCUT2D eigenvalue weighted by Gasteiger charge is 2.16. The molecule has 0 saturated heterocycles. The molecular weight excluding hydrogens is 210 g/mol. The lowest BCUT2D eigenvalue weighted by molar-refractivity contribution is 0.263. The molecule has 0 atom stereocenters. The highest BCUT2D eigenvalue weighted by molar-refractivity contribution is 5.83. The summed E-state index contributed by atoms with van der Waals surface area (Å²) in [6, 6.07) is 1.73. The quantitative estimate of drug-likeness (QED) is 0.610. The van der Waals surface area contributed by atoms with Gasteiger partial charge in [-0.15, -0.1) is 0 Å². The summed E-state index contributed by atoms with van der Waals surface area (Å²) in [5.74, 6) is -0.398. The smallest absolute Gasteiger partial charge is 0.271 e. The van der Waals surface area contributed by atoms with Crippen molar-refractivity contribution < 1.29 is 10.2 Å². The summed E-state index contributed by atoms with van der Waals surface area (Å²) in [5, 5.41) is 34.4. The Morgan fingerprint density at radius 2 is 2.25 bits per heavy atom. The Morgan fingerprint density at radius 3 is 2.69 bits per heavy atom. The Labute approximate surface area is 91.5 Å². The maximum Gasteiger partial charge on any atom is 0.271 e. The van der Waals surface area contributed by atoms with Gasteiger partial charge in [0, 0.05) is 6.21 Å². The van der Waals surface area contributed by atoms with Crippen molar-refractivity contribution in [2.45, 2.75) is 13.5 Å². The lowest BCUT2D eigenvalue weighted by atomic mass is 10.1. The summed E-state index contributed by atoms with van der Waals surface area (Å²) in [7, 11) is 0. The maximum atomic E-state index is 11.7. The van der Waals surface area contributed by atoms with Gasteiger partial charge in [-0.3, -0.25) is 9.36 Å². The number of aromatic nitrogens is 1. The van der Waals surface area contributed by atoms with Gasteiger partial charge in [-0.05, 0) is 12.5 Å². The molecule has 6 nitrogen and oxygen atoms in total. The van der Waals surface area contributed by atoms with Gasteiger partial charge in [0.15, 0.2) is 0 Å². The Morgan fingerprint density at radius 1 is 1.62 bits per heavy atom. The van der Waals surface area contributed by atoms with E-state index in [1.54, 1.807) is 6.07 Å². The summed E-state index contributed by atoms with van der Waals surface area (Å²) in [6.07, 6.45) is 0.874. The first kappa shape index (κ1) is 11.9. The Balaban J connectivity index is 3.71. The predicted molar refractivity (Wildman–Crippen MR) is 56.8 cm³/mol. The SMILES string of the molecule is Cc1c(C=N)c(O)n(CCO)c(=O)c1C#N. The molecule has 0 saturated carbocycles. The number of nitriles is 1. The van der Waals surface area contributed by atoms with Crippen molar-refractivity contribution in [2.75, 3.05) is 6.61 Å². The summed E-state index contributed by atoms with van der Waals surface area (Å²) in [5.41, 5.74) is -0.388. The third kappa shape index (κ3) is 1.68. The van der Waals surface area contributed by atoms with Crippen LogP contribution in [0.4, 0.5) is 0 Å². The largest absolute Gasteiger partial charge is 0.494 e. The molecule has 1 heterocycles. The van der Waals surface area contributed by atoms with E-state index in [-0.39, 0.29) is 29.8 Å². The Kier molecular flexibility index (Phi) is 3.43. The number of hydrogen-bond acceptors (Lipinski definition) is 5. The minimum Gasteiger partial charge on any atom is -0.494 e. The van der Waals surface area contributed by atoms with Crippen LogP contribution >= 0.6 is 0 Å². The number of hydrogen-bond donors (Lipinski definition) is 3. The van der Waals surface area contributed by atoms with E-state index in [1.807, 2.05) is 0 Å². The van der Waals surface area contributed by atoms with Gasteiger partial charge in [-0.2, -0.15) is 5.26 Å². The van der Waals surface area contributed by atoms with Gasteiger partial charge in [0.25, 0.3) is 5.56 Å². The molecule has 1 aromatic heterocycles. The predicted octanol–water partition coefficient (Wildman–Crippen LogP) is -0.276. The second kappa shape index (κ2) is 4.59. The molecular formula is C10H11N3O3. The van der Waals surface area contributed by atoms with E-state index in [1.165, 1.54) is 6.92 Å². The van der Waals surface area contributed by atoms with Crippen molar-refractivity contribution in [3.05, 3.63) is 27.0 Å². The lowest BCUT2D eigenvalue weighted by Gasteiger charge is -2.12. The molecule has 3 N–H and O–H groups in total. The fourth-order valence-corrected chi connectivity index (χ4v) is 1.45. The van der Waals surface area contributed by atoms with E-state index < -0.39 is 11.4 Å². The van der Waals surface area contributed by atoms with E-state index in [0.29, 0.717) is 0 Å². The summed E-state index contributed by atoms with van der Waals surface area (Å²) in [4.78, 5) is 11.7. The van der Waals surface area contributed by atoms with Crippen LogP contribution in [0.1, 0.15) is 16.7 Å². The molecule has 1 aromatic rings. The number of aromatic hydroxyl groups is 1. The molecule has 0 radical (unpaired) electrons. The van der Waals surface area contributed by atoms with E-state index >= 15 is 0 Å². The molecule has 1 rings (SSSR count). The molecule has 0 spiro atoms. The molecule has 0 unspecified atom stereocenters. The first-order valence-electron chi connectivity index (χ1n) is 4.56. The third-order valence-corrected chi connectivity index (χ3v) is 2.31. The van der Waals surface area contributed by atoms with Gasteiger partial charge in [0.1, 0.15) is 11.6 Å². The molecule has 84 valence electrons. The number of nitrogens with one attached hydrogen (secondary N) is 1. The number of rotatable bonds is 3. The standard InChI is InChI=1S/C10H11N3O3/c1-6-7(4-11)9(15)13(2-3-14)10(16)8(6)5-12/h4,11,14-15H,2-3H2,1H3. The minimum atomic E-state index is -0.655. The van der Waals surface area contributed by atoms with Gasteiger partial charge in [-0.1, -0.05) is 0 Å². The maximum absolute atomic E-state index is 11.7. The Hall–Kier alpha value is -2.13. The van der Waals surface area contributed by atoms with Crippen LogP contribution in [0, 0.1) is 23.7 Å². The number of aliphatic hydroxyl groups is 1. The van der Waals surface area contributed by atoms with Gasteiger partial charge < -0.3 is 15.6 Å². The number of aliphatic hydroxyl groups excluding tert-OH is 1. The Bertz CT molecular complexity index is 526. The summed E-state index contributed by atoms with van der Waals surface area (Å²) >= 11 is 0. The van der Waals surface area contributed by atoms with Crippen molar-refractivity contribution in [1.29, 1.82) is 10.7 Å². The normalized spacial score (nSPS) is 9.81. The van der Waals surface area contributed by atoms with Crippen LogP contribution in [-0.4, -0.2) is 27.6 Å². The van der Waals surface area contributed by atoms with E-state index in [9.17, 15) is 9.90 Å². The van der Waals surface area contributed by atoms with Crippen molar-refractivity contribution >= 4 is 6.21 Å². The number of nitrogens with zero attached hydrogens (tertiary/aromatic N) is 2. The van der Waals surface area contributed by atoms with Crippen LogP contribution < -0.4 is 5.56 Å². The molecule has 6 heteroatoms. The van der Waals surface area contributed by atoms with Gasteiger partial charge in [0.05, 0.1) is 18.7 Å². The highest BCUT2D eigenvalue weighted by atomic mass is 16.3. The van der Waals surface area contributed by atoms with Crippen LogP contribution in [0.2, 0.25) is 0 Å². The molecule has 0 bridgehead atoms. The van der Waals surface area contributed by atoms with Gasteiger partial charge >= 0.3 is 0 Å². The zero-order valence-electron chi connectivity index (χ0n) is 8.69. The molecule has 0 aliphatic rings. The molecule has 0 aliphatic heterocycles. The fourth-order valence-electron chi connectivity index (χ4n) is 1.45. The van der Waals surface area contributed by atoms with Gasteiger partial charge in [0.2, 0.25) is 5.88 Å². The van der Waals surface area contributed by atoms with Crippen LogP contribution in [-0.2, 0) is 6.54 Å². The van der Waals surface area contributed by atoms with Crippen molar-refractivity contribution in [3.63, 3.8) is 0 Å². The van der Waals surface area contributed by atoms with Crippen molar-refractivity contribution in [3.8, 4) is 11.9 Å². The average molecular weight is 221 g/mol. The monoisotopic (exact) mass is 221 g/mol. The first-order chi connectivity index (χ1) is 7.58. The first-order valence-corrected chi connectivity index (χ1v) is 4.56. The van der Waals surface area contributed by atoms with E-state index in [0.717, 1.165) is 10.8 Å². The molecule has 0 fully saturated rings. The second-order valence-electron chi connectivity index (χ2n) is 3.17. The van der Waals surface area contributed by atoms with E-state index in [4.69, 9.17) is 15.8 Å². The van der Waals surface area contributed by atoms with E-state index in [2.05, 4.69) is 0 Å². The van der Waals surface area contributed by atoms with Crippen LogP contribution in [0.3, 0.4) is 0 Å². The van der Waals surface area contributed by atoms with Gasteiger partial charge in [-0.25, -0.2) is 0 Å². The van der Waals surface area contributed by atoms with Crippen molar-refractivity contribution in [1.82, 2.24) is 4.57 Å². The second-order valence-corrected chi connectivity index (χ2v) is 3.17. The lowest BCUT2D eigenvalue weighted by Crippen LogP contribution is -2.26. The summed E-state index contributed by atoms with van der Waals surface area (Å²) in [6.45, 7) is 1.04. The highest BCUT2D eigenvalue weighted by Crippen LogP contribution is 2.18. The topological polar surface area (TPSA) is 110 Å². The van der Waals surface area contributed by atoms with Crippen LogP contribution in [0.5, 0.6) is 5.88 Å². The zero-order chi connectivity index (χ0) is 12.3. The third-order valence-electron chi connectivity index (χ3n) is 2.31. The fraction of sp³-hybridized carbons (Fsp3) is 0.300. The molecule has 0 amide bonds. The average Bonchev–Trinajstić information content (AvgIpc) is 2.26. The van der Waals surface area contributed by atoms with Crippen LogP contribution in [0.25, 0.3) is 0 Å². The minimum absolute atomic E-state index is 0.111.